The molecule has 2 rings (SSSR count). The first kappa shape index (κ1) is 13.2. The van der Waals surface area contributed by atoms with Crippen LogP contribution in [-0.2, 0) is 0 Å². The van der Waals surface area contributed by atoms with E-state index in [9.17, 15) is 0 Å². The van der Waals surface area contributed by atoms with Crippen LogP contribution in [-0.4, -0.2) is 24.6 Å². The standard InChI is InChI=1S/C12H27N5/c1-2-6-12-7-3-4-9-13-14-15-16-17(10-5-1)11-8-12/h12-16H,1-11H2. The van der Waals surface area contributed by atoms with E-state index < -0.39 is 0 Å². The molecule has 2 atom stereocenters. The van der Waals surface area contributed by atoms with Crippen LogP contribution in [0, 0.1) is 5.92 Å². The van der Waals surface area contributed by atoms with Crippen molar-refractivity contribution in [1.29, 1.82) is 0 Å². The van der Waals surface area contributed by atoms with Crippen molar-refractivity contribution in [3.63, 3.8) is 0 Å². The number of hydrogen-bond acceptors (Lipinski definition) is 5. The fraction of sp³-hybridized carbons (Fsp3) is 1.00. The highest BCUT2D eigenvalue weighted by Gasteiger charge is 2.14. The lowest BCUT2D eigenvalue weighted by atomic mass is 9.93. The smallest absolute Gasteiger partial charge is 0.0147 e. The fourth-order valence-corrected chi connectivity index (χ4v) is 2.77. The first-order valence-electron chi connectivity index (χ1n) is 7.18. The maximum absolute atomic E-state index is 3.23. The lowest BCUT2D eigenvalue weighted by Gasteiger charge is -2.25. The second-order valence-corrected chi connectivity index (χ2v) is 5.28. The van der Waals surface area contributed by atoms with Gasteiger partial charge < -0.3 is 0 Å². The van der Waals surface area contributed by atoms with E-state index in [0.29, 0.717) is 0 Å². The Morgan fingerprint density at radius 2 is 1.65 bits per heavy atom. The molecule has 0 aromatic heterocycles. The van der Waals surface area contributed by atoms with Gasteiger partial charge in [-0.25, -0.2) is 10.4 Å². The molecule has 5 heteroatoms. The maximum Gasteiger partial charge on any atom is 0.0147 e. The average Bonchev–Trinajstić information content (AvgIpc) is 2.42. The zero-order chi connectivity index (χ0) is 11.8. The van der Waals surface area contributed by atoms with E-state index in [1.165, 1.54) is 51.4 Å². The van der Waals surface area contributed by atoms with Gasteiger partial charge in [0, 0.05) is 19.6 Å². The number of nitrogens with zero attached hydrogens (tertiary/aromatic N) is 1. The van der Waals surface area contributed by atoms with Gasteiger partial charge in [0.25, 0.3) is 0 Å². The summed E-state index contributed by atoms with van der Waals surface area (Å²) in [5.41, 5.74) is 12.4. The molecular formula is C12H27N5. The molecule has 5 nitrogen and oxygen atoms in total. The van der Waals surface area contributed by atoms with Crippen molar-refractivity contribution in [2.75, 3.05) is 19.6 Å². The monoisotopic (exact) mass is 241 g/mol. The Bertz CT molecular complexity index is 179. The van der Waals surface area contributed by atoms with Crippen LogP contribution in [0.3, 0.4) is 0 Å². The Balaban J connectivity index is 1.86. The predicted octanol–water partition coefficient (Wildman–Crippen LogP) is 1.07. The van der Waals surface area contributed by atoms with Crippen LogP contribution in [0.1, 0.15) is 51.4 Å². The summed E-state index contributed by atoms with van der Waals surface area (Å²) < 4.78 is 0. The second-order valence-electron chi connectivity index (χ2n) is 5.28. The minimum atomic E-state index is 0.935. The summed E-state index contributed by atoms with van der Waals surface area (Å²) in [5.74, 6) is 0.935. The average molecular weight is 241 g/mol. The van der Waals surface area contributed by atoms with Gasteiger partial charge in [0.15, 0.2) is 0 Å². The maximum atomic E-state index is 3.23. The highest BCUT2D eigenvalue weighted by atomic mass is 15.8. The highest BCUT2D eigenvalue weighted by molar-refractivity contribution is 4.66. The van der Waals surface area contributed by atoms with Crippen molar-refractivity contribution < 1.29 is 0 Å². The number of hydrazine groups is 4. The summed E-state index contributed by atoms with van der Waals surface area (Å²) in [6, 6.07) is 0. The Morgan fingerprint density at radius 3 is 2.59 bits per heavy atom. The van der Waals surface area contributed by atoms with Gasteiger partial charge in [0.2, 0.25) is 0 Å². The normalized spacial score (nSPS) is 33.9. The quantitative estimate of drug-likeness (QED) is 0.511. The molecule has 0 aromatic rings. The lowest BCUT2D eigenvalue weighted by molar-refractivity contribution is 0.116. The first-order valence-corrected chi connectivity index (χ1v) is 7.18. The molecule has 0 aliphatic carbocycles. The van der Waals surface area contributed by atoms with Crippen LogP contribution in [0.4, 0.5) is 0 Å². The van der Waals surface area contributed by atoms with Crippen LogP contribution in [0.2, 0.25) is 0 Å². The number of rotatable bonds is 0. The van der Waals surface area contributed by atoms with Crippen LogP contribution in [0.15, 0.2) is 0 Å². The number of hydrogen-bond donors (Lipinski definition) is 4. The van der Waals surface area contributed by atoms with Gasteiger partial charge in [-0.05, 0) is 25.2 Å². The molecule has 2 bridgehead atoms. The molecule has 17 heavy (non-hydrogen) atoms. The van der Waals surface area contributed by atoms with E-state index in [1.807, 2.05) is 0 Å². The first-order chi connectivity index (χ1) is 8.45. The summed E-state index contributed by atoms with van der Waals surface area (Å²) in [7, 11) is 0. The summed E-state index contributed by atoms with van der Waals surface area (Å²) >= 11 is 0. The minimum Gasteiger partial charge on any atom is -0.243 e. The van der Waals surface area contributed by atoms with E-state index in [4.69, 9.17) is 0 Å². The third-order valence-corrected chi connectivity index (χ3v) is 3.88. The topological polar surface area (TPSA) is 51.4 Å². The molecule has 2 unspecified atom stereocenters. The van der Waals surface area contributed by atoms with Gasteiger partial charge in [0.05, 0.1) is 0 Å². The molecule has 0 radical (unpaired) electrons. The Hall–Kier alpha value is -0.200. The summed E-state index contributed by atoms with van der Waals surface area (Å²) in [4.78, 5) is 0. The van der Waals surface area contributed by atoms with E-state index in [1.54, 1.807) is 0 Å². The Labute approximate surface area is 105 Å². The summed E-state index contributed by atoms with van der Waals surface area (Å²) in [5, 5.41) is 2.30. The van der Waals surface area contributed by atoms with Crippen LogP contribution in [0.25, 0.3) is 0 Å². The minimum absolute atomic E-state index is 0.935. The van der Waals surface area contributed by atoms with Crippen molar-refractivity contribution in [2.45, 2.75) is 51.4 Å². The van der Waals surface area contributed by atoms with Crippen molar-refractivity contribution in [1.82, 2.24) is 27.0 Å². The van der Waals surface area contributed by atoms with E-state index in [2.05, 4.69) is 27.0 Å². The van der Waals surface area contributed by atoms with Crippen molar-refractivity contribution in [3.05, 3.63) is 0 Å². The SMILES string of the molecule is C1CCC2CCCCNNNNN(CC1)CC2. The Morgan fingerprint density at radius 1 is 0.765 bits per heavy atom. The van der Waals surface area contributed by atoms with Gasteiger partial charge in [0.1, 0.15) is 0 Å². The Kier molecular flexibility index (Phi) is 6.23. The zero-order valence-electron chi connectivity index (χ0n) is 10.8. The van der Waals surface area contributed by atoms with Gasteiger partial charge in [-0.3, -0.25) is 0 Å². The molecular weight excluding hydrogens is 214 g/mol. The molecule has 2 fully saturated rings. The van der Waals surface area contributed by atoms with Crippen LogP contribution < -0.4 is 22.0 Å². The molecule has 0 saturated carbocycles. The van der Waals surface area contributed by atoms with E-state index >= 15 is 0 Å². The highest BCUT2D eigenvalue weighted by Crippen LogP contribution is 2.22. The van der Waals surface area contributed by atoms with Crippen molar-refractivity contribution >= 4 is 0 Å². The van der Waals surface area contributed by atoms with Gasteiger partial charge in [-0.1, -0.05) is 32.1 Å². The molecule has 0 aromatic carbocycles. The fourth-order valence-electron chi connectivity index (χ4n) is 2.77. The largest absolute Gasteiger partial charge is 0.243 e. The summed E-state index contributed by atoms with van der Waals surface area (Å²) in [6.07, 6.45) is 10.9. The lowest BCUT2D eigenvalue weighted by Crippen LogP contribution is -2.57. The number of fused-ring (bicyclic) bond motifs is 3. The predicted molar refractivity (Wildman–Crippen MR) is 69.4 cm³/mol. The van der Waals surface area contributed by atoms with E-state index in [-0.39, 0.29) is 0 Å². The van der Waals surface area contributed by atoms with Crippen LogP contribution in [0.5, 0.6) is 0 Å². The van der Waals surface area contributed by atoms with Gasteiger partial charge in [-0.2, -0.15) is 16.6 Å². The molecule has 0 spiro atoms. The molecule has 2 aliphatic heterocycles. The third kappa shape index (κ3) is 5.31. The zero-order valence-corrected chi connectivity index (χ0v) is 10.8. The molecule has 2 saturated heterocycles. The molecule has 2 aliphatic rings. The van der Waals surface area contributed by atoms with E-state index in [0.717, 1.165) is 25.6 Å². The van der Waals surface area contributed by atoms with Crippen molar-refractivity contribution in [3.8, 4) is 0 Å². The van der Waals surface area contributed by atoms with Gasteiger partial charge >= 0.3 is 0 Å². The van der Waals surface area contributed by atoms with Crippen LogP contribution >= 0.6 is 0 Å². The summed E-state index contributed by atoms with van der Waals surface area (Å²) in [6.45, 7) is 3.32. The number of nitrogens with one attached hydrogen (secondary N) is 4. The third-order valence-electron chi connectivity index (χ3n) is 3.88. The molecule has 0 amide bonds. The molecule has 2 heterocycles. The second kappa shape index (κ2) is 8.00. The molecule has 100 valence electrons. The van der Waals surface area contributed by atoms with Crippen molar-refractivity contribution in [2.24, 2.45) is 5.92 Å². The van der Waals surface area contributed by atoms with Gasteiger partial charge in [-0.15, -0.1) is 0 Å². The molecule has 4 N–H and O–H groups in total.